The summed E-state index contributed by atoms with van der Waals surface area (Å²) in [5.74, 6) is 1.80. The quantitative estimate of drug-likeness (QED) is 0.855. The average molecular weight is 344 g/mol. The minimum atomic E-state index is 0.143. The summed E-state index contributed by atoms with van der Waals surface area (Å²) in [6.07, 6.45) is 5.08. The maximum absolute atomic E-state index is 12.7. The van der Waals surface area contributed by atoms with Crippen molar-refractivity contribution in [2.75, 3.05) is 19.8 Å². The van der Waals surface area contributed by atoms with Gasteiger partial charge in [-0.3, -0.25) is 4.79 Å². The van der Waals surface area contributed by atoms with Gasteiger partial charge in [0.15, 0.2) is 11.5 Å². The Labute approximate surface area is 145 Å². The Bertz CT molecular complexity index is 717. The predicted octanol–water partition coefficient (Wildman–Crippen LogP) is 3.21. The highest BCUT2D eigenvalue weighted by Gasteiger charge is 2.30. The summed E-state index contributed by atoms with van der Waals surface area (Å²) in [4.78, 5) is 18.9. The zero-order valence-corrected chi connectivity index (χ0v) is 14.3. The van der Waals surface area contributed by atoms with Crippen molar-refractivity contribution in [3.05, 3.63) is 40.3 Å². The zero-order valence-electron chi connectivity index (χ0n) is 13.4. The minimum Gasteiger partial charge on any atom is -0.486 e. The molecule has 0 saturated carbocycles. The van der Waals surface area contributed by atoms with E-state index in [0.717, 1.165) is 47.9 Å². The molecule has 1 amide bonds. The van der Waals surface area contributed by atoms with Crippen molar-refractivity contribution in [1.82, 2.24) is 9.88 Å². The number of fused-ring (bicyclic) bond motifs is 1. The van der Waals surface area contributed by atoms with E-state index >= 15 is 0 Å². The second-order valence-electron chi connectivity index (χ2n) is 6.07. The highest BCUT2D eigenvalue weighted by atomic mass is 32.1. The van der Waals surface area contributed by atoms with Crippen molar-refractivity contribution in [3.63, 3.8) is 0 Å². The minimum absolute atomic E-state index is 0.143. The summed E-state index contributed by atoms with van der Waals surface area (Å²) < 4.78 is 11.3. The molecule has 0 unspecified atom stereocenters. The van der Waals surface area contributed by atoms with Gasteiger partial charge in [0.2, 0.25) is 5.91 Å². The predicted molar refractivity (Wildman–Crippen MR) is 91.6 cm³/mol. The van der Waals surface area contributed by atoms with Gasteiger partial charge in [0.25, 0.3) is 0 Å². The summed E-state index contributed by atoms with van der Waals surface area (Å²) in [5.41, 5.74) is 1.14. The number of thiazole rings is 1. The van der Waals surface area contributed by atoms with Crippen LogP contribution >= 0.6 is 11.3 Å². The first kappa shape index (κ1) is 15.4. The lowest BCUT2D eigenvalue weighted by atomic mass is 10.0. The van der Waals surface area contributed by atoms with E-state index in [9.17, 15) is 4.79 Å². The molecular formula is C18H20N2O3S. The molecule has 24 heavy (non-hydrogen) atoms. The average Bonchev–Trinajstić information content (AvgIpc) is 3.31. The van der Waals surface area contributed by atoms with Crippen LogP contribution in [0.1, 0.15) is 35.9 Å². The molecule has 0 radical (unpaired) electrons. The fourth-order valence-corrected chi connectivity index (χ4v) is 4.03. The molecule has 1 saturated heterocycles. The molecular weight excluding hydrogens is 324 g/mol. The van der Waals surface area contributed by atoms with E-state index in [4.69, 9.17) is 9.47 Å². The number of hydrogen-bond acceptors (Lipinski definition) is 5. The Morgan fingerprint density at radius 3 is 3.00 bits per heavy atom. The van der Waals surface area contributed by atoms with Crippen LogP contribution in [0.25, 0.3) is 0 Å². The smallest absolute Gasteiger partial charge is 0.223 e. The summed E-state index contributed by atoms with van der Waals surface area (Å²) >= 11 is 1.61. The molecule has 0 spiro atoms. The van der Waals surface area contributed by atoms with Gasteiger partial charge in [-0.25, -0.2) is 4.98 Å². The van der Waals surface area contributed by atoms with Gasteiger partial charge < -0.3 is 14.4 Å². The van der Waals surface area contributed by atoms with Gasteiger partial charge in [0.05, 0.1) is 11.0 Å². The molecule has 1 atom stereocenters. The Balaban J connectivity index is 1.47. The molecule has 2 aliphatic heterocycles. The number of ether oxygens (including phenoxy) is 2. The number of likely N-dealkylation sites (tertiary alicyclic amines) is 1. The Kier molecular flexibility index (Phi) is 4.38. The van der Waals surface area contributed by atoms with Crippen LogP contribution in [0.5, 0.6) is 11.5 Å². The monoisotopic (exact) mass is 344 g/mol. The van der Waals surface area contributed by atoms with Crippen LogP contribution in [0.15, 0.2) is 29.8 Å². The normalized spacial score (nSPS) is 19.5. The number of amides is 1. The van der Waals surface area contributed by atoms with Crippen molar-refractivity contribution in [2.45, 2.75) is 31.7 Å². The number of carbonyl (C=O) groups excluding carboxylic acids is 1. The molecule has 1 aromatic heterocycles. The molecule has 6 heteroatoms. The van der Waals surface area contributed by atoms with E-state index in [0.29, 0.717) is 19.6 Å². The lowest BCUT2D eigenvalue weighted by molar-refractivity contribution is -0.132. The largest absolute Gasteiger partial charge is 0.486 e. The molecule has 4 rings (SSSR count). The summed E-state index contributed by atoms with van der Waals surface area (Å²) in [7, 11) is 0. The molecule has 1 aromatic carbocycles. The molecule has 0 N–H and O–H groups in total. The van der Waals surface area contributed by atoms with E-state index in [1.165, 1.54) is 0 Å². The molecule has 2 aromatic rings. The van der Waals surface area contributed by atoms with Crippen LogP contribution in [-0.4, -0.2) is 35.5 Å². The fraction of sp³-hybridized carbons (Fsp3) is 0.444. The lowest BCUT2D eigenvalue weighted by Crippen LogP contribution is -2.30. The van der Waals surface area contributed by atoms with Crippen LogP contribution in [0, 0.1) is 0 Å². The number of benzene rings is 1. The third kappa shape index (κ3) is 3.11. The number of aromatic nitrogens is 1. The summed E-state index contributed by atoms with van der Waals surface area (Å²) in [5, 5.41) is 2.98. The molecule has 1 fully saturated rings. The van der Waals surface area contributed by atoms with Crippen LogP contribution < -0.4 is 9.47 Å². The number of rotatable bonds is 4. The second kappa shape index (κ2) is 6.81. The first-order valence-corrected chi connectivity index (χ1v) is 9.26. The summed E-state index contributed by atoms with van der Waals surface area (Å²) in [6.45, 7) is 2.00. The van der Waals surface area contributed by atoms with Gasteiger partial charge in [-0.05, 0) is 30.5 Å². The van der Waals surface area contributed by atoms with E-state index in [1.54, 1.807) is 17.5 Å². The topological polar surface area (TPSA) is 51.7 Å². The van der Waals surface area contributed by atoms with Crippen LogP contribution in [0.2, 0.25) is 0 Å². The van der Waals surface area contributed by atoms with Gasteiger partial charge in [-0.15, -0.1) is 11.3 Å². The maximum atomic E-state index is 12.7. The SMILES string of the molecule is O=C(CCc1nccs1)N1CCC[C@H]1c1ccc2c(c1)OCCO2. The third-order valence-electron chi connectivity index (χ3n) is 4.56. The highest BCUT2D eigenvalue weighted by molar-refractivity contribution is 7.09. The molecule has 0 aliphatic carbocycles. The van der Waals surface area contributed by atoms with Crippen molar-refractivity contribution < 1.29 is 14.3 Å². The van der Waals surface area contributed by atoms with Gasteiger partial charge in [-0.1, -0.05) is 6.07 Å². The molecule has 3 heterocycles. The van der Waals surface area contributed by atoms with E-state index in [1.807, 2.05) is 22.4 Å². The third-order valence-corrected chi connectivity index (χ3v) is 5.40. The first-order chi connectivity index (χ1) is 11.8. The van der Waals surface area contributed by atoms with Crippen LogP contribution in [0.3, 0.4) is 0 Å². The fourth-order valence-electron chi connectivity index (χ4n) is 3.41. The van der Waals surface area contributed by atoms with E-state index in [2.05, 4.69) is 11.1 Å². The molecule has 5 nitrogen and oxygen atoms in total. The second-order valence-corrected chi connectivity index (χ2v) is 7.05. The van der Waals surface area contributed by atoms with Crippen molar-refractivity contribution in [1.29, 1.82) is 0 Å². The van der Waals surface area contributed by atoms with Gasteiger partial charge in [-0.2, -0.15) is 0 Å². The van der Waals surface area contributed by atoms with Crippen molar-refractivity contribution in [3.8, 4) is 11.5 Å². The molecule has 0 bridgehead atoms. The van der Waals surface area contributed by atoms with Crippen molar-refractivity contribution in [2.24, 2.45) is 0 Å². The van der Waals surface area contributed by atoms with Crippen molar-refractivity contribution >= 4 is 17.2 Å². The van der Waals surface area contributed by atoms with Gasteiger partial charge in [0.1, 0.15) is 13.2 Å². The number of hydrogen-bond donors (Lipinski definition) is 0. The van der Waals surface area contributed by atoms with E-state index < -0.39 is 0 Å². The Morgan fingerprint density at radius 1 is 1.29 bits per heavy atom. The Morgan fingerprint density at radius 2 is 2.17 bits per heavy atom. The number of aryl methyl sites for hydroxylation is 1. The maximum Gasteiger partial charge on any atom is 0.223 e. The van der Waals surface area contributed by atoms with Gasteiger partial charge >= 0.3 is 0 Å². The Hall–Kier alpha value is -2.08. The first-order valence-electron chi connectivity index (χ1n) is 8.38. The zero-order chi connectivity index (χ0) is 16.4. The van der Waals surface area contributed by atoms with E-state index in [-0.39, 0.29) is 11.9 Å². The highest BCUT2D eigenvalue weighted by Crippen LogP contribution is 2.38. The lowest BCUT2D eigenvalue weighted by Gasteiger charge is -2.26. The standard InChI is InChI=1S/C18H20N2O3S/c21-18(6-5-17-19-7-11-24-17)20-8-1-2-14(20)13-3-4-15-16(12-13)23-10-9-22-15/h3-4,7,11-12,14H,1-2,5-6,8-10H2/t14-/m0/s1. The molecule has 126 valence electrons. The van der Waals surface area contributed by atoms with Crippen LogP contribution in [-0.2, 0) is 11.2 Å². The summed E-state index contributed by atoms with van der Waals surface area (Å²) in [6, 6.07) is 6.20. The number of carbonyl (C=O) groups is 1. The molecule has 2 aliphatic rings. The van der Waals surface area contributed by atoms with Crippen LogP contribution in [0.4, 0.5) is 0 Å². The van der Waals surface area contributed by atoms with Gasteiger partial charge in [0, 0.05) is 31.0 Å². The number of nitrogens with zero attached hydrogens (tertiary/aromatic N) is 2.